The summed E-state index contributed by atoms with van der Waals surface area (Å²) >= 11 is 0. The summed E-state index contributed by atoms with van der Waals surface area (Å²) < 4.78 is 37.3. The van der Waals surface area contributed by atoms with E-state index in [-0.39, 0.29) is 18.0 Å². The minimum absolute atomic E-state index is 0.0224. The van der Waals surface area contributed by atoms with Crippen molar-refractivity contribution in [2.24, 2.45) is 0 Å². The minimum atomic E-state index is -2.82. The van der Waals surface area contributed by atoms with E-state index in [1.165, 1.54) is 6.20 Å². The van der Waals surface area contributed by atoms with Crippen molar-refractivity contribution >= 4 is 6.09 Å². The molecule has 10 nitrogen and oxygen atoms in total. The van der Waals surface area contributed by atoms with Crippen LogP contribution in [0.2, 0.25) is 0 Å². The van der Waals surface area contributed by atoms with Gasteiger partial charge in [-0.3, -0.25) is 9.88 Å². The zero-order valence-electron chi connectivity index (χ0n) is 17.9. The van der Waals surface area contributed by atoms with Crippen molar-refractivity contribution in [1.82, 2.24) is 35.1 Å². The molecule has 3 aromatic heterocycles. The number of aromatic nitrogens is 6. The van der Waals surface area contributed by atoms with Gasteiger partial charge in [-0.1, -0.05) is 5.21 Å². The number of amides is 1. The second-order valence-corrected chi connectivity index (χ2v) is 8.46. The van der Waals surface area contributed by atoms with Gasteiger partial charge in [0.1, 0.15) is 11.3 Å². The third kappa shape index (κ3) is 4.89. The summed E-state index contributed by atoms with van der Waals surface area (Å²) in [6.07, 6.45) is 1.73. The molecule has 0 saturated carbocycles. The Morgan fingerprint density at radius 3 is 2.75 bits per heavy atom. The van der Waals surface area contributed by atoms with Gasteiger partial charge >= 0.3 is 12.5 Å². The highest BCUT2D eigenvalue weighted by Gasteiger charge is 2.34. The lowest BCUT2D eigenvalue weighted by Crippen LogP contribution is -2.36. The van der Waals surface area contributed by atoms with Crippen LogP contribution in [0.1, 0.15) is 63.4 Å². The fourth-order valence-electron chi connectivity index (χ4n) is 3.41. The van der Waals surface area contributed by atoms with Crippen LogP contribution in [-0.4, -0.2) is 53.3 Å². The summed E-state index contributed by atoms with van der Waals surface area (Å²) in [6.45, 7) is 6.46. The van der Waals surface area contributed by atoms with E-state index in [4.69, 9.17) is 9.15 Å². The third-order valence-corrected chi connectivity index (χ3v) is 4.80. The maximum atomic E-state index is 12.6. The number of hydrogen-bond donors (Lipinski definition) is 0. The number of rotatable bonds is 5. The quantitative estimate of drug-likeness (QED) is 0.581. The first-order valence-corrected chi connectivity index (χ1v) is 10.2. The Morgan fingerprint density at radius 2 is 2.09 bits per heavy atom. The van der Waals surface area contributed by atoms with Crippen LogP contribution in [0.4, 0.5) is 13.6 Å². The molecule has 4 heterocycles. The SMILES string of the molecule is CC(C)(C)OC(=O)N1CCC[C@H]1c1cn(Cc2ccc(-c3nnc(C(F)F)o3)cn2)nn1. The largest absolute Gasteiger partial charge is 0.444 e. The van der Waals surface area contributed by atoms with Gasteiger partial charge < -0.3 is 9.15 Å². The normalized spacial score (nSPS) is 16.7. The first-order valence-electron chi connectivity index (χ1n) is 10.2. The van der Waals surface area contributed by atoms with Gasteiger partial charge in [-0.05, 0) is 45.7 Å². The molecule has 1 amide bonds. The fraction of sp³-hybridized carbons (Fsp3) is 0.500. The number of carbonyl (C=O) groups is 1. The molecule has 3 aromatic rings. The van der Waals surface area contributed by atoms with Crippen molar-refractivity contribution < 1.29 is 22.7 Å². The van der Waals surface area contributed by atoms with E-state index in [1.807, 2.05) is 20.8 Å². The predicted molar refractivity (Wildman–Crippen MR) is 107 cm³/mol. The van der Waals surface area contributed by atoms with Crippen molar-refractivity contribution in [2.75, 3.05) is 6.54 Å². The Bertz CT molecular complexity index is 1080. The van der Waals surface area contributed by atoms with Gasteiger partial charge in [-0.2, -0.15) is 8.78 Å². The van der Waals surface area contributed by atoms with E-state index in [0.717, 1.165) is 12.8 Å². The third-order valence-electron chi connectivity index (χ3n) is 4.80. The summed E-state index contributed by atoms with van der Waals surface area (Å²) in [5.74, 6) is -0.752. The molecule has 1 saturated heterocycles. The van der Waals surface area contributed by atoms with Crippen molar-refractivity contribution in [3.8, 4) is 11.5 Å². The lowest BCUT2D eigenvalue weighted by Gasteiger charge is -2.27. The molecular weight excluding hydrogens is 424 g/mol. The van der Waals surface area contributed by atoms with Crippen LogP contribution in [0.3, 0.4) is 0 Å². The molecule has 12 heteroatoms. The number of alkyl halides is 2. The molecule has 0 spiro atoms. The first-order chi connectivity index (χ1) is 15.2. The van der Waals surface area contributed by atoms with Crippen LogP contribution in [0.5, 0.6) is 0 Å². The first kappa shape index (κ1) is 21.8. The number of nitrogens with zero attached hydrogens (tertiary/aromatic N) is 7. The number of halogens is 2. The summed E-state index contributed by atoms with van der Waals surface area (Å²) in [6, 6.07) is 3.19. The number of likely N-dealkylation sites (tertiary alicyclic amines) is 1. The van der Waals surface area contributed by atoms with Crippen LogP contribution in [0, 0.1) is 0 Å². The van der Waals surface area contributed by atoms with Gasteiger partial charge in [0, 0.05) is 12.7 Å². The molecule has 32 heavy (non-hydrogen) atoms. The van der Waals surface area contributed by atoms with Crippen LogP contribution in [0.25, 0.3) is 11.5 Å². The zero-order valence-corrected chi connectivity index (χ0v) is 17.9. The van der Waals surface area contributed by atoms with Crippen LogP contribution in [-0.2, 0) is 11.3 Å². The monoisotopic (exact) mass is 447 g/mol. The highest BCUT2D eigenvalue weighted by Crippen LogP contribution is 2.32. The molecule has 0 radical (unpaired) electrons. The second-order valence-electron chi connectivity index (χ2n) is 8.46. The summed E-state index contributed by atoms with van der Waals surface area (Å²) in [4.78, 5) is 18.5. The van der Waals surface area contributed by atoms with Crippen molar-refractivity contribution in [2.45, 2.75) is 58.2 Å². The molecule has 0 aromatic carbocycles. The topological polar surface area (TPSA) is 112 Å². The Morgan fingerprint density at radius 1 is 1.28 bits per heavy atom. The van der Waals surface area contributed by atoms with Crippen LogP contribution in [0.15, 0.2) is 28.9 Å². The molecule has 1 atom stereocenters. The Hall–Kier alpha value is -3.44. The minimum Gasteiger partial charge on any atom is -0.444 e. The number of carbonyl (C=O) groups excluding carboxylic acids is 1. The molecule has 1 aliphatic rings. The molecule has 1 aliphatic heterocycles. The van der Waals surface area contributed by atoms with Gasteiger partial charge in [-0.15, -0.1) is 15.3 Å². The molecule has 170 valence electrons. The van der Waals surface area contributed by atoms with E-state index in [9.17, 15) is 13.6 Å². The maximum absolute atomic E-state index is 12.6. The van der Waals surface area contributed by atoms with E-state index in [0.29, 0.717) is 30.0 Å². The van der Waals surface area contributed by atoms with E-state index >= 15 is 0 Å². The molecule has 1 fully saturated rings. The highest BCUT2D eigenvalue weighted by molar-refractivity contribution is 5.69. The Labute approximate surface area is 182 Å². The summed E-state index contributed by atoms with van der Waals surface area (Å²) in [5, 5.41) is 15.3. The van der Waals surface area contributed by atoms with Gasteiger partial charge in [0.2, 0.25) is 5.89 Å². The average molecular weight is 447 g/mol. The molecular formula is C20H23F2N7O3. The maximum Gasteiger partial charge on any atom is 0.410 e. The van der Waals surface area contributed by atoms with Crippen molar-refractivity contribution in [3.63, 3.8) is 0 Å². The Balaban J connectivity index is 1.42. The van der Waals surface area contributed by atoms with Gasteiger partial charge in [-0.25, -0.2) is 9.48 Å². The summed E-state index contributed by atoms with van der Waals surface area (Å²) in [7, 11) is 0. The zero-order chi connectivity index (χ0) is 22.9. The fourth-order valence-corrected chi connectivity index (χ4v) is 3.41. The predicted octanol–water partition coefficient (Wildman–Crippen LogP) is 3.78. The molecule has 0 bridgehead atoms. The van der Waals surface area contributed by atoms with Crippen LogP contribution < -0.4 is 0 Å². The number of pyridine rings is 1. The number of hydrogen-bond acceptors (Lipinski definition) is 8. The Kier molecular flexibility index (Phi) is 5.85. The average Bonchev–Trinajstić information content (AvgIpc) is 3.47. The van der Waals surface area contributed by atoms with E-state index in [1.54, 1.807) is 27.9 Å². The molecule has 4 rings (SSSR count). The summed E-state index contributed by atoms with van der Waals surface area (Å²) in [5.41, 5.74) is 1.23. The second kappa shape index (κ2) is 8.60. The molecule has 0 N–H and O–H groups in total. The van der Waals surface area contributed by atoms with Gasteiger partial charge in [0.05, 0.1) is 30.0 Å². The smallest absolute Gasteiger partial charge is 0.410 e. The van der Waals surface area contributed by atoms with Crippen molar-refractivity contribution in [1.29, 1.82) is 0 Å². The lowest BCUT2D eigenvalue weighted by atomic mass is 10.1. The van der Waals surface area contributed by atoms with E-state index < -0.39 is 17.9 Å². The van der Waals surface area contributed by atoms with E-state index in [2.05, 4.69) is 25.5 Å². The van der Waals surface area contributed by atoms with Gasteiger partial charge in [0.15, 0.2) is 0 Å². The number of ether oxygens (including phenoxy) is 1. The van der Waals surface area contributed by atoms with Crippen molar-refractivity contribution in [3.05, 3.63) is 41.8 Å². The molecule has 0 aliphatic carbocycles. The molecule has 0 unspecified atom stereocenters. The van der Waals surface area contributed by atoms with Crippen LogP contribution >= 0.6 is 0 Å². The van der Waals surface area contributed by atoms with Gasteiger partial charge in [0.25, 0.3) is 5.89 Å². The highest BCUT2D eigenvalue weighted by atomic mass is 19.3. The lowest BCUT2D eigenvalue weighted by molar-refractivity contribution is 0.0221. The standard InChI is InChI=1S/C20H23F2N7O3/c1-20(2,3)32-19(30)29-8-4-5-15(29)14-11-28(27-24-14)10-13-7-6-12(9-23-13)17-25-26-18(31-17)16(21)22/h6-7,9,11,15-16H,4-5,8,10H2,1-3H3/t15-/m0/s1.